The van der Waals surface area contributed by atoms with Crippen LogP contribution in [-0.4, -0.2) is 23.4 Å². The molecule has 2 nitrogen and oxygen atoms in total. The summed E-state index contributed by atoms with van der Waals surface area (Å²) < 4.78 is 6.06. The normalized spacial score (nSPS) is 46.3. The summed E-state index contributed by atoms with van der Waals surface area (Å²) in [6.07, 6.45) is 4.70. The van der Waals surface area contributed by atoms with Crippen LogP contribution in [0.5, 0.6) is 0 Å². The SMILES string of the molecule is C[C@@H]1CC(C)(C)C[C@]12CC[C@@H](CO)O2. The summed E-state index contributed by atoms with van der Waals surface area (Å²) >= 11 is 0. The minimum Gasteiger partial charge on any atom is -0.394 e. The fraction of sp³-hybridized carbons (Fsp3) is 1.00. The Morgan fingerprint density at radius 1 is 1.43 bits per heavy atom. The van der Waals surface area contributed by atoms with Crippen molar-refractivity contribution >= 4 is 0 Å². The summed E-state index contributed by atoms with van der Waals surface area (Å²) in [5.74, 6) is 0.647. The average molecular weight is 198 g/mol. The highest BCUT2D eigenvalue weighted by atomic mass is 16.5. The smallest absolute Gasteiger partial charge is 0.0814 e. The number of hydrogen-bond acceptors (Lipinski definition) is 2. The molecular formula is C12H22O2. The third-order valence-electron chi connectivity index (χ3n) is 4.03. The van der Waals surface area contributed by atoms with Gasteiger partial charge in [0.05, 0.1) is 18.3 Å². The van der Waals surface area contributed by atoms with E-state index in [4.69, 9.17) is 9.84 Å². The molecule has 0 aromatic rings. The second-order valence-corrected chi connectivity index (χ2v) is 5.97. The molecule has 2 aliphatic rings. The molecule has 0 unspecified atom stereocenters. The maximum Gasteiger partial charge on any atom is 0.0814 e. The highest BCUT2D eigenvalue weighted by Gasteiger charge is 2.52. The zero-order valence-electron chi connectivity index (χ0n) is 9.55. The van der Waals surface area contributed by atoms with Crippen LogP contribution in [0.15, 0.2) is 0 Å². The Bertz CT molecular complexity index is 224. The van der Waals surface area contributed by atoms with Crippen molar-refractivity contribution in [1.29, 1.82) is 0 Å². The predicted molar refractivity (Wildman–Crippen MR) is 56.1 cm³/mol. The lowest BCUT2D eigenvalue weighted by Crippen LogP contribution is -2.33. The van der Waals surface area contributed by atoms with Crippen molar-refractivity contribution in [2.75, 3.05) is 6.61 Å². The van der Waals surface area contributed by atoms with Gasteiger partial charge in [-0.3, -0.25) is 0 Å². The van der Waals surface area contributed by atoms with Gasteiger partial charge in [-0.05, 0) is 37.0 Å². The molecule has 14 heavy (non-hydrogen) atoms. The van der Waals surface area contributed by atoms with Crippen LogP contribution in [-0.2, 0) is 4.74 Å². The third kappa shape index (κ3) is 1.59. The van der Waals surface area contributed by atoms with E-state index in [1.54, 1.807) is 0 Å². The highest BCUT2D eigenvalue weighted by Crippen LogP contribution is 2.54. The van der Waals surface area contributed by atoms with Gasteiger partial charge >= 0.3 is 0 Å². The summed E-state index contributed by atoms with van der Waals surface area (Å²) in [5.41, 5.74) is 0.515. The molecule has 2 rings (SSSR count). The standard InChI is InChI=1S/C12H22O2/c1-9-6-11(2,3)8-12(9)5-4-10(7-13)14-12/h9-10,13H,4-8H2,1-3H3/t9-,10+,12-/m1/s1. The Balaban J connectivity index is 2.11. The molecule has 2 heteroatoms. The van der Waals surface area contributed by atoms with Crippen LogP contribution < -0.4 is 0 Å². The molecule has 1 saturated heterocycles. The van der Waals surface area contributed by atoms with Crippen LogP contribution in [0.3, 0.4) is 0 Å². The molecular weight excluding hydrogens is 176 g/mol. The van der Waals surface area contributed by atoms with Crippen LogP contribution in [0.1, 0.15) is 46.5 Å². The summed E-state index contributed by atoms with van der Waals surface area (Å²) in [4.78, 5) is 0. The van der Waals surface area contributed by atoms with Gasteiger partial charge in [0.1, 0.15) is 0 Å². The first kappa shape index (κ1) is 10.4. The van der Waals surface area contributed by atoms with Crippen molar-refractivity contribution in [2.24, 2.45) is 11.3 Å². The quantitative estimate of drug-likeness (QED) is 0.701. The zero-order chi connectivity index (χ0) is 10.4. The predicted octanol–water partition coefficient (Wildman–Crippen LogP) is 2.35. The maximum absolute atomic E-state index is 9.10. The van der Waals surface area contributed by atoms with E-state index in [9.17, 15) is 0 Å². The first-order valence-corrected chi connectivity index (χ1v) is 5.76. The minimum atomic E-state index is 0.0941. The first-order chi connectivity index (χ1) is 6.47. The van der Waals surface area contributed by atoms with E-state index in [1.807, 2.05) is 0 Å². The van der Waals surface area contributed by atoms with Crippen molar-refractivity contribution < 1.29 is 9.84 Å². The second kappa shape index (κ2) is 3.21. The van der Waals surface area contributed by atoms with Gasteiger partial charge in [0.15, 0.2) is 0 Å². The average Bonchev–Trinajstić information content (AvgIpc) is 2.56. The molecule has 1 aliphatic carbocycles. The van der Waals surface area contributed by atoms with E-state index in [1.165, 1.54) is 6.42 Å². The van der Waals surface area contributed by atoms with Gasteiger partial charge in [0.25, 0.3) is 0 Å². The van der Waals surface area contributed by atoms with Gasteiger partial charge in [-0.2, -0.15) is 0 Å². The monoisotopic (exact) mass is 198 g/mol. The van der Waals surface area contributed by atoms with Crippen LogP contribution >= 0.6 is 0 Å². The topological polar surface area (TPSA) is 29.5 Å². The first-order valence-electron chi connectivity index (χ1n) is 5.76. The Labute approximate surface area is 86.6 Å². The number of rotatable bonds is 1. The largest absolute Gasteiger partial charge is 0.394 e. The fourth-order valence-corrected chi connectivity index (χ4v) is 3.55. The Morgan fingerprint density at radius 3 is 2.57 bits per heavy atom. The third-order valence-corrected chi connectivity index (χ3v) is 4.03. The summed E-state index contributed by atoms with van der Waals surface area (Å²) in [5, 5.41) is 9.10. The van der Waals surface area contributed by atoms with Crippen molar-refractivity contribution in [3.05, 3.63) is 0 Å². The molecule has 1 heterocycles. The van der Waals surface area contributed by atoms with Gasteiger partial charge in [-0.1, -0.05) is 20.8 Å². The number of aliphatic hydroxyl groups is 1. The van der Waals surface area contributed by atoms with Crippen molar-refractivity contribution in [3.8, 4) is 0 Å². The Kier molecular flexibility index (Phi) is 2.39. The molecule has 1 saturated carbocycles. The van der Waals surface area contributed by atoms with Gasteiger partial charge in [-0.15, -0.1) is 0 Å². The van der Waals surface area contributed by atoms with E-state index >= 15 is 0 Å². The summed E-state index contributed by atoms with van der Waals surface area (Å²) in [6, 6.07) is 0. The van der Waals surface area contributed by atoms with Gasteiger partial charge < -0.3 is 9.84 Å². The van der Waals surface area contributed by atoms with E-state index in [0.717, 1.165) is 19.3 Å². The van der Waals surface area contributed by atoms with Crippen LogP contribution in [0.4, 0.5) is 0 Å². The minimum absolute atomic E-state index is 0.0941. The lowest BCUT2D eigenvalue weighted by atomic mass is 9.87. The van der Waals surface area contributed by atoms with E-state index in [2.05, 4.69) is 20.8 Å². The fourth-order valence-electron chi connectivity index (χ4n) is 3.55. The highest BCUT2D eigenvalue weighted by molar-refractivity contribution is 5.03. The Hall–Kier alpha value is -0.0800. The van der Waals surface area contributed by atoms with Gasteiger partial charge in [0, 0.05) is 0 Å². The molecule has 1 N–H and O–H groups in total. The molecule has 0 aromatic heterocycles. The van der Waals surface area contributed by atoms with Crippen LogP contribution in [0.2, 0.25) is 0 Å². The van der Waals surface area contributed by atoms with Crippen molar-refractivity contribution in [1.82, 2.24) is 0 Å². The van der Waals surface area contributed by atoms with E-state index in [0.29, 0.717) is 11.3 Å². The van der Waals surface area contributed by atoms with Gasteiger partial charge in [0.2, 0.25) is 0 Å². The lowest BCUT2D eigenvalue weighted by Gasteiger charge is -2.29. The number of ether oxygens (including phenoxy) is 1. The molecule has 1 spiro atoms. The molecule has 1 aliphatic heterocycles. The van der Waals surface area contributed by atoms with Crippen molar-refractivity contribution in [3.63, 3.8) is 0 Å². The van der Waals surface area contributed by atoms with Gasteiger partial charge in [-0.25, -0.2) is 0 Å². The molecule has 0 radical (unpaired) electrons. The van der Waals surface area contributed by atoms with E-state index in [-0.39, 0.29) is 18.3 Å². The Morgan fingerprint density at radius 2 is 2.14 bits per heavy atom. The molecule has 3 atom stereocenters. The summed E-state index contributed by atoms with van der Waals surface area (Å²) in [7, 11) is 0. The summed E-state index contributed by atoms with van der Waals surface area (Å²) in [6.45, 7) is 7.14. The lowest BCUT2D eigenvalue weighted by molar-refractivity contribution is -0.0795. The number of hydrogen-bond donors (Lipinski definition) is 1. The van der Waals surface area contributed by atoms with E-state index < -0.39 is 0 Å². The molecule has 2 fully saturated rings. The van der Waals surface area contributed by atoms with Crippen molar-refractivity contribution in [2.45, 2.75) is 58.2 Å². The zero-order valence-corrected chi connectivity index (χ0v) is 9.55. The maximum atomic E-state index is 9.10. The number of aliphatic hydroxyl groups excluding tert-OH is 1. The van der Waals surface area contributed by atoms with Crippen LogP contribution in [0, 0.1) is 11.3 Å². The molecule has 0 amide bonds. The molecule has 0 aromatic carbocycles. The molecule has 82 valence electrons. The second-order valence-electron chi connectivity index (χ2n) is 5.97. The van der Waals surface area contributed by atoms with Crippen LogP contribution in [0.25, 0.3) is 0 Å². The molecule has 0 bridgehead atoms.